The molecule has 108 valence electrons. The minimum Gasteiger partial charge on any atom is -0.483 e. The zero-order chi connectivity index (χ0) is 15.0. The number of terminal acetylenes is 1. The number of nitrogens with one attached hydrogen (secondary N) is 2. The molecule has 1 rings (SSSR count). The highest BCUT2D eigenvalue weighted by atomic mass is 79.9. The molecule has 2 N–H and O–H groups in total. The Morgan fingerprint density at radius 2 is 2.30 bits per heavy atom. The highest BCUT2D eigenvalue weighted by Crippen LogP contribution is 2.28. The van der Waals surface area contributed by atoms with Gasteiger partial charge in [0.25, 0.3) is 5.91 Å². The number of halogens is 1. The van der Waals surface area contributed by atoms with Crippen LogP contribution in [0.1, 0.15) is 25.5 Å². The van der Waals surface area contributed by atoms with E-state index in [1.165, 1.54) is 0 Å². The highest BCUT2D eigenvalue weighted by Gasteiger charge is 2.12. The number of amides is 1. The Kier molecular flexibility index (Phi) is 7.13. The van der Waals surface area contributed by atoms with E-state index in [-0.39, 0.29) is 25.1 Å². The standard InChI is InChI=1S/C15H19BrN2O2/c1-4-8-18-15(19)10-20-14-7-6-12(16)9-13(14)11(3)17-5-2/h1,6-7,9,11,17H,5,8,10H2,2-3H3,(H,18,19). The molecule has 1 atom stereocenters. The van der Waals surface area contributed by atoms with Gasteiger partial charge in [0, 0.05) is 16.1 Å². The average Bonchev–Trinajstić information content (AvgIpc) is 2.43. The fourth-order valence-corrected chi connectivity index (χ4v) is 2.13. The fourth-order valence-electron chi connectivity index (χ4n) is 1.75. The first kappa shape index (κ1) is 16.5. The van der Waals surface area contributed by atoms with Crippen molar-refractivity contribution in [1.29, 1.82) is 0 Å². The molecule has 1 amide bonds. The van der Waals surface area contributed by atoms with Crippen LogP contribution in [-0.4, -0.2) is 25.6 Å². The number of carbonyl (C=O) groups excluding carboxylic acids is 1. The van der Waals surface area contributed by atoms with Crippen LogP contribution in [0.4, 0.5) is 0 Å². The van der Waals surface area contributed by atoms with Gasteiger partial charge in [-0.05, 0) is 31.7 Å². The van der Waals surface area contributed by atoms with Crippen molar-refractivity contribution >= 4 is 21.8 Å². The fraction of sp³-hybridized carbons (Fsp3) is 0.400. The van der Waals surface area contributed by atoms with Crippen LogP contribution in [0.15, 0.2) is 22.7 Å². The van der Waals surface area contributed by atoms with E-state index in [0.29, 0.717) is 5.75 Å². The molecule has 0 radical (unpaired) electrons. The van der Waals surface area contributed by atoms with Gasteiger partial charge in [0.1, 0.15) is 5.75 Å². The Labute approximate surface area is 128 Å². The zero-order valence-electron chi connectivity index (χ0n) is 11.7. The third-order valence-corrected chi connectivity index (χ3v) is 3.19. The molecule has 0 aliphatic rings. The van der Waals surface area contributed by atoms with Gasteiger partial charge in [0.05, 0.1) is 6.54 Å². The van der Waals surface area contributed by atoms with Gasteiger partial charge in [0.15, 0.2) is 6.61 Å². The van der Waals surface area contributed by atoms with Crippen molar-refractivity contribution in [3.8, 4) is 18.1 Å². The molecule has 5 heteroatoms. The SMILES string of the molecule is C#CCNC(=O)COc1ccc(Br)cc1C(C)NCC. The van der Waals surface area contributed by atoms with Gasteiger partial charge in [-0.2, -0.15) is 0 Å². The lowest BCUT2D eigenvalue weighted by Gasteiger charge is -2.18. The third-order valence-electron chi connectivity index (χ3n) is 2.70. The number of benzene rings is 1. The van der Waals surface area contributed by atoms with Crippen LogP contribution in [-0.2, 0) is 4.79 Å². The maximum atomic E-state index is 11.5. The monoisotopic (exact) mass is 338 g/mol. The summed E-state index contributed by atoms with van der Waals surface area (Å²) in [7, 11) is 0. The molecule has 0 fully saturated rings. The van der Waals surface area contributed by atoms with Crippen LogP contribution >= 0.6 is 15.9 Å². The predicted octanol–water partition coefficient (Wildman–Crippen LogP) is 2.25. The molecule has 0 aliphatic heterocycles. The normalized spacial score (nSPS) is 11.5. The molecule has 1 aromatic carbocycles. The molecule has 1 unspecified atom stereocenters. The molecule has 0 aromatic heterocycles. The number of rotatable bonds is 7. The first-order chi connectivity index (χ1) is 9.58. The van der Waals surface area contributed by atoms with Crippen LogP contribution < -0.4 is 15.4 Å². The molecule has 0 saturated carbocycles. The zero-order valence-corrected chi connectivity index (χ0v) is 13.3. The summed E-state index contributed by atoms with van der Waals surface area (Å²) in [4.78, 5) is 11.5. The minimum absolute atomic E-state index is 0.0465. The van der Waals surface area contributed by atoms with E-state index in [1.807, 2.05) is 25.1 Å². The lowest BCUT2D eigenvalue weighted by Crippen LogP contribution is -2.29. The summed E-state index contributed by atoms with van der Waals surface area (Å²) in [5, 5.41) is 5.89. The Bertz CT molecular complexity index is 497. The second-order valence-corrected chi connectivity index (χ2v) is 5.15. The maximum absolute atomic E-state index is 11.5. The quantitative estimate of drug-likeness (QED) is 0.749. The van der Waals surface area contributed by atoms with E-state index in [9.17, 15) is 4.79 Å². The maximum Gasteiger partial charge on any atom is 0.258 e. The Balaban J connectivity index is 2.74. The summed E-state index contributed by atoms with van der Waals surface area (Å²) in [5.41, 5.74) is 1.01. The number of hydrogen-bond acceptors (Lipinski definition) is 3. The van der Waals surface area contributed by atoms with Crippen molar-refractivity contribution < 1.29 is 9.53 Å². The summed E-state index contributed by atoms with van der Waals surface area (Å²) < 4.78 is 6.55. The molecule has 0 heterocycles. The minimum atomic E-state index is -0.229. The van der Waals surface area contributed by atoms with Crippen LogP contribution in [0.5, 0.6) is 5.75 Å². The second kappa shape index (κ2) is 8.62. The van der Waals surface area contributed by atoms with Crippen molar-refractivity contribution in [3.05, 3.63) is 28.2 Å². The van der Waals surface area contributed by atoms with E-state index >= 15 is 0 Å². The summed E-state index contributed by atoms with van der Waals surface area (Å²) in [6, 6.07) is 5.86. The van der Waals surface area contributed by atoms with Crippen LogP contribution in [0.25, 0.3) is 0 Å². The van der Waals surface area contributed by atoms with Crippen molar-refractivity contribution in [3.63, 3.8) is 0 Å². The van der Waals surface area contributed by atoms with Gasteiger partial charge >= 0.3 is 0 Å². The number of carbonyl (C=O) groups is 1. The second-order valence-electron chi connectivity index (χ2n) is 4.23. The molecule has 0 bridgehead atoms. The van der Waals surface area contributed by atoms with Gasteiger partial charge < -0.3 is 15.4 Å². The average molecular weight is 339 g/mol. The Morgan fingerprint density at radius 3 is 2.95 bits per heavy atom. The smallest absolute Gasteiger partial charge is 0.258 e. The highest BCUT2D eigenvalue weighted by molar-refractivity contribution is 9.10. The molecule has 20 heavy (non-hydrogen) atoms. The van der Waals surface area contributed by atoms with Crippen LogP contribution in [0.3, 0.4) is 0 Å². The van der Waals surface area contributed by atoms with Gasteiger partial charge in [-0.1, -0.05) is 28.8 Å². The van der Waals surface area contributed by atoms with Crippen molar-refractivity contribution in [2.24, 2.45) is 0 Å². The van der Waals surface area contributed by atoms with E-state index in [0.717, 1.165) is 16.6 Å². The molecule has 0 saturated heterocycles. The lowest BCUT2D eigenvalue weighted by molar-refractivity contribution is -0.122. The van der Waals surface area contributed by atoms with Crippen molar-refractivity contribution in [2.75, 3.05) is 19.7 Å². The van der Waals surface area contributed by atoms with Crippen LogP contribution in [0, 0.1) is 12.3 Å². The first-order valence-electron chi connectivity index (χ1n) is 6.44. The van der Waals surface area contributed by atoms with Gasteiger partial charge in [-0.25, -0.2) is 0 Å². The predicted molar refractivity (Wildman–Crippen MR) is 83.6 cm³/mol. The van der Waals surface area contributed by atoms with Crippen molar-refractivity contribution in [2.45, 2.75) is 19.9 Å². The van der Waals surface area contributed by atoms with E-state index in [1.54, 1.807) is 0 Å². The molecule has 0 aliphatic carbocycles. The largest absolute Gasteiger partial charge is 0.483 e. The lowest BCUT2D eigenvalue weighted by atomic mass is 10.1. The summed E-state index contributed by atoms with van der Waals surface area (Å²) in [5.74, 6) is 2.81. The first-order valence-corrected chi connectivity index (χ1v) is 7.23. The van der Waals surface area contributed by atoms with E-state index < -0.39 is 0 Å². The van der Waals surface area contributed by atoms with E-state index in [2.05, 4.69) is 39.4 Å². The van der Waals surface area contributed by atoms with Crippen LogP contribution in [0.2, 0.25) is 0 Å². The van der Waals surface area contributed by atoms with Gasteiger partial charge in [0.2, 0.25) is 0 Å². The molecule has 4 nitrogen and oxygen atoms in total. The van der Waals surface area contributed by atoms with Gasteiger partial charge in [-0.3, -0.25) is 4.79 Å². The molecule has 1 aromatic rings. The number of ether oxygens (including phenoxy) is 1. The van der Waals surface area contributed by atoms with E-state index in [4.69, 9.17) is 11.2 Å². The molecular formula is C15H19BrN2O2. The number of hydrogen-bond donors (Lipinski definition) is 2. The summed E-state index contributed by atoms with van der Waals surface area (Å²) in [6.07, 6.45) is 5.08. The third kappa shape index (κ3) is 5.24. The van der Waals surface area contributed by atoms with Crippen molar-refractivity contribution in [1.82, 2.24) is 10.6 Å². The Morgan fingerprint density at radius 1 is 1.55 bits per heavy atom. The Hall–Kier alpha value is -1.51. The molecule has 0 spiro atoms. The van der Waals surface area contributed by atoms with Gasteiger partial charge in [-0.15, -0.1) is 6.42 Å². The summed E-state index contributed by atoms with van der Waals surface area (Å²) >= 11 is 3.45. The molecular weight excluding hydrogens is 320 g/mol. The topological polar surface area (TPSA) is 50.4 Å². The summed E-state index contributed by atoms with van der Waals surface area (Å²) in [6.45, 7) is 5.12.